The molecule has 0 aromatic heterocycles. The van der Waals surface area contributed by atoms with E-state index in [1.807, 2.05) is 0 Å². The van der Waals surface area contributed by atoms with Crippen LogP contribution in [0.25, 0.3) is 0 Å². The van der Waals surface area contributed by atoms with Crippen molar-refractivity contribution in [3.63, 3.8) is 0 Å². The van der Waals surface area contributed by atoms with Crippen LogP contribution in [-0.2, 0) is 4.74 Å². The molecule has 0 spiro atoms. The predicted octanol–water partition coefficient (Wildman–Crippen LogP) is 2.90. The Labute approximate surface area is 110 Å². The second kappa shape index (κ2) is 5.11. The predicted molar refractivity (Wildman–Crippen MR) is 65.2 cm³/mol. The van der Waals surface area contributed by atoms with Crippen molar-refractivity contribution in [3.05, 3.63) is 10.5 Å². The first-order valence-corrected chi connectivity index (χ1v) is 7.11. The third-order valence-electron chi connectivity index (χ3n) is 2.91. The van der Waals surface area contributed by atoms with Crippen LogP contribution in [0.2, 0.25) is 0 Å². The summed E-state index contributed by atoms with van der Waals surface area (Å²) in [7, 11) is 1.72. The highest BCUT2D eigenvalue weighted by atomic mass is 79.9. The summed E-state index contributed by atoms with van der Waals surface area (Å²) in [4.78, 5) is 0.848. The molecule has 3 atom stereocenters. The molecule has 17 heavy (non-hydrogen) atoms. The third-order valence-corrected chi connectivity index (χ3v) is 5.22. The summed E-state index contributed by atoms with van der Waals surface area (Å²) in [5.41, 5.74) is 0.421. The molecule has 0 aromatic carbocycles. The topological polar surface area (TPSA) is 21.3 Å². The Balaban J connectivity index is 2.30. The van der Waals surface area contributed by atoms with Gasteiger partial charge in [-0.25, -0.2) is 0 Å². The summed E-state index contributed by atoms with van der Waals surface area (Å²) in [5, 5.41) is 2.89. The molecule has 98 valence electrons. The SMILES string of the molecule is CNCC1OCCC2=C1C(C(F)(F)F)C(Br)S2. The van der Waals surface area contributed by atoms with Gasteiger partial charge in [0, 0.05) is 13.0 Å². The maximum Gasteiger partial charge on any atom is 0.397 e. The Bertz CT molecular complexity index is 334. The number of thioether (sulfide) groups is 1. The van der Waals surface area contributed by atoms with Crippen molar-refractivity contribution < 1.29 is 17.9 Å². The van der Waals surface area contributed by atoms with Crippen molar-refractivity contribution in [1.82, 2.24) is 5.32 Å². The van der Waals surface area contributed by atoms with E-state index in [0.717, 1.165) is 4.91 Å². The minimum absolute atomic E-state index is 0.421. The average molecular weight is 332 g/mol. The molecular weight excluding hydrogens is 319 g/mol. The Morgan fingerprint density at radius 3 is 2.82 bits per heavy atom. The fourth-order valence-corrected chi connectivity index (χ4v) is 4.80. The molecule has 0 amide bonds. The fourth-order valence-electron chi connectivity index (χ4n) is 2.23. The van der Waals surface area contributed by atoms with Gasteiger partial charge < -0.3 is 10.1 Å². The van der Waals surface area contributed by atoms with Crippen LogP contribution < -0.4 is 5.32 Å². The van der Waals surface area contributed by atoms with Crippen LogP contribution in [0.15, 0.2) is 10.5 Å². The standard InChI is InChI=1S/C10H13BrF3NOS/c1-15-4-5-7-6(2-3-16-5)17-9(11)8(7)10(12,13)14/h5,8-9,15H,2-4H2,1H3. The number of hydrogen-bond acceptors (Lipinski definition) is 3. The Hall–Kier alpha value is 0.280. The van der Waals surface area contributed by atoms with Crippen molar-refractivity contribution in [1.29, 1.82) is 0 Å². The molecule has 3 unspecified atom stereocenters. The highest BCUT2D eigenvalue weighted by molar-refractivity contribution is 9.11. The summed E-state index contributed by atoms with van der Waals surface area (Å²) in [6.45, 7) is 0.925. The van der Waals surface area contributed by atoms with Gasteiger partial charge in [0.05, 0.1) is 16.9 Å². The van der Waals surface area contributed by atoms with E-state index in [0.29, 0.717) is 25.1 Å². The number of halogens is 4. The summed E-state index contributed by atoms with van der Waals surface area (Å²) >= 11 is 4.42. The average Bonchev–Trinajstić information content (AvgIpc) is 2.54. The second-order valence-electron chi connectivity index (χ2n) is 4.03. The van der Waals surface area contributed by atoms with Gasteiger partial charge in [-0.1, -0.05) is 15.9 Å². The van der Waals surface area contributed by atoms with Gasteiger partial charge >= 0.3 is 6.18 Å². The summed E-state index contributed by atoms with van der Waals surface area (Å²) in [5.74, 6) is -1.43. The molecule has 1 N–H and O–H groups in total. The lowest BCUT2D eigenvalue weighted by molar-refractivity contribution is -0.163. The molecule has 2 heterocycles. The van der Waals surface area contributed by atoms with E-state index >= 15 is 0 Å². The second-order valence-corrected chi connectivity index (χ2v) is 6.86. The van der Waals surface area contributed by atoms with Crippen LogP contribution in [-0.4, -0.2) is 36.6 Å². The summed E-state index contributed by atoms with van der Waals surface area (Å²) in [6.07, 6.45) is -4.08. The van der Waals surface area contributed by atoms with Gasteiger partial charge in [-0.3, -0.25) is 0 Å². The number of likely N-dealkylation sites (N-methyl/N-ethyl adjacent to an activating group) is 1. The highest BCUT2D eigenvalue weighted by Crippen LogP contribution is 2.55. The van der Waals surface area contributed by atoms with E-state index in [1.165, 1.54) is 11.8 Å². The van der Waals surface area contributed by atoms with Gasteiger partial charge in [0.15, 0.2) is 0 Å². The minimum atomic E-state index is -4.22. The highest BCUT2D eigenvalue weighted by Gasteiger charge is 2.53. The van der Waals surface area contributed by atoms with Crippen LogP contribution in [0.4, 0.5) is 13.2 Å². The normalized spacial score (nSPS) is 34.1. The molecule has 0 bridgehead atoms. The number of rotatable bonds is 2. The molecule has 2 aliphatic heterocycles. The van der Waals surface area contributed by atoms with Gasteiger partial charge in [0.1, 0.15) is 5.92 Å². The van der Waals surface area contributed by atoms with E-state index < -0.39 is 22.4 Å². The zero-order valence-electron chi connectivity index (χ0n) is 9.18. The van der Waals surface area contributed by atoms with E-state index in [2.05, 4.69) is 21.2 Å². The smallest absolute Gasteiger partial charge is 0.372 e. The quantitative estimate of drug-likeness (QED) is 0.786. The molecule has 7 heteroatoms. The lowest BCUT2D eigenvalue weighted by atomic mass is 9.92. The molecule has 2 nitrogen and oxygen atoms in total. The monoisotopic (exact) mass is 331 g/mol. The summed E-state index contributed by atoms with van der Waals surface area (Å²) in [6, 6.07) is 0. The van der Waals surface area contributed by atoms with Gasteiger partial charge in [-0.15, -0.1) is 11.8 Å². The van der Waals surface area contributed by atoms with Gasteiger partial charge in [0.25, 0.3) is 0 Å². The first-order valence-electron chi connectivity index (χ1n) is 5.31. The molecule has 0 fully saturated rings. The van der Waals surface area contributed by atoms with E-state index in [-0.39, 0.29) is 0 Å². The van der Waals surface area contributed by atoms with Crippen LogP contribution in [0.3, 0.4) is 0 Å². The number of hydrogen-bond donors (Lipinski definition) is 1. The Morgan fingerprint density at radius 1 is 1.53 bits per heavy atom. The Morgan fingerprint density at radius 2 is 2.24 bits per heavy atom. The maximum atomic E-state index is 13.0. The molecule has 2 aliphatic rings. The van der Waals surface area contributed by atoms with Crippen LogP contribution in [0.1, 0.15) is 6.42 Å². The lowest BCUT2D eigenvalue weighted by Gasteiger charge is -2.29. The zero-order chi connectivity index (χ0) is 12.6. The van der Waals surface area contributed by atoms with E-state index in [9.17, 15) is 13.2 Å². The first-order chi connectivity index (χ1) is 7.95. The molecule has 0 saturated carbocycles. The molecule has 0 aromatic rings. The van der Waals surface area contributed by atoms with Crippen LogP contribution in [0, 0.1) is 5.92 Å². The third kappa shape index (κ3) is 2.67. The van der Waals surface area contributed by atoms with Crippen LogP contribution in [0.5, 0.6) is 0 Å². The molecular formula is C10H13BrF3NOS. The number of alkyl halides is 4. The van der Waals surface area contributed by atoms with Gasteiger partial charge in [-0.05, 0) is 17.5 Å². The lowest BCUT2D eigenvalue weighted by Crippen LogP contribution is -2.39. The first kappa shape index (κ1) is 13.7. The van der Waals surface area contributed by atoms with Crippen LogP contribution >= 0.6 is 27.7 Å². The molecule has 0 saturated heterocycles. The largest absolute Gasteiger partial charge is 0.397 e. The van der Waals surface area contributed by atoms with Crippen molar-refractivity contribution in [3.8, 4) is 0 Å². The van der Waals surface area contributed by atoms with Gasteiger partial charge in [-0.2, -0.15) is 13.2 Å². The van der Waals surface area contributed by atoms with Crippen molar-refractivity contribution in [2.45, 2.75) is 22.9 Å². The number of ether oxygens (including phenoxy) is 1. The van der Waals surface area contributed by atoms with Crippen molar-refractivity contribution in [2.75, 3.05) is 20.2 Å². The van der Waals surface area contributed by atoms with Crippen molar-refractivity contribution >= 4 is 27.7 Å². The van der Waals surface area contributed by atoms with E-state index in [1.54, 1.807) is 7.05 Å². The maximum absolute atomic E-state index is 13.0. The molecule has 0 aliphatic carbocycles. The number of nitrogens with one attached hydrogen (secondary N) is 1. The minimum Gasteiger partial charge on any atom is -0.372 e. The molecule has 2 rings (SSSR count). The summed E-state index contributed by atoms with van der Waals surface area (Å²) < 4.78 is 44.0. The fraction of sp³-hybridized carbons (Fsp3) is 0.800. The van der Waals surface area contributed by atoms with E-state index in [4.69, 9.17) is 4.74 Å². The zero-order valence-corrected chi connectivity index (χ0v) is 11.6. The van der Waals surface area contributed by atoms with Gasteiger partial charge in [0.2, 0.25) is 0 Å². The van der Waals surface area contributed by atoms with Crippen molar-refractivity contribution in [2.24, 2.45) is 5.92 Å². The molecule has 0 radical (unpaired) electrons. The Kier molecular flexibility index (Phi) is 4.12.